The zero-order chi connectivity index (χ0) is 22.9. The molecule has 5 heteroatoms. The lowest BCUT2D eigenvalue weighted by Gasteiger charge is -2.11. The fourth-order valence-corrected chi connectivity index (χ4v) is 3.60. The lowest BCUT2D eigenvalue weighted by molar-refractivity contribution is 0.0696. The topological polar surface area (TPSA) is 63.6 Å². The summed E-state index contributed by atoms with van der Waals surface area (Å²) in [4.78, 5) is 23.8. The summed E-state index contributed by atoms with van der Waals surface area (Å²) < 4.78 is 5.78. The number of carbonyl (C=O) groups is 2. The zero-order valence-electron chi connectivity index (χ0n) is 18.1. The molecular weight excluding hydrogens is 424 g/mol. The summed E-state index contributed by atoms with van der Waals surface area (Å²) in [6.45, 7) is 2.68. The van der Waals surface area contributed by atoms with E-state index in [0.717, 1.165) is 42.4 Å². The summed E-state index contributed by atoms with van der Waals surface area (Å²) >= 11 is 6.10. The van der Waals surface area contributed by atoms with E-state index < -0.39 is 5.97 Å². The molecule has 32 heavy (non-hydrogen) atoms. The van der Waals surface area contributed by atoms with Crippen LogP contribution in [-0.4, -0.2) is 23.5 Å². The number of halogens is 1. The lowest BCUT2D eigenvalue weighted by atomic mass is 9.99. The highest BCUT2D eigenvalue weighted by Gasteiger charge is 2.13. The van der Waals surface area contributed by atoms with Crippen LogP contribution in [0.4, 0.5) is 0 Å². The normalized spacial score (nSPS) is 10.7. The first-order valence-electron chi connectivity index (χ1n) is 10.9. The van der Waals surface area contributed by atoms with Crippen LogP contribution >= 0.6 is 11.6 Å². The van der Waals surface area contributed by atoms with Gasteiger partial charge in [0.2, 0.25) is 0 Å². The number of benzene rings is 3. The van der Waals surface area contributed by atoms with Gasteiger partial charge in [-0.2, -0.15) is 0 Å². The number of ketones is 1. The van der Waals surface area contributed by atoms with Crippen LogP contribution in [0.5, 0.6) is 5.75 Å². The van der Waals surface area contributed by atoms with E-state index in [1.54, 1.807) is 30.3 Å². The van der Waals surface area contributed by atoms with Crippen LogP contribution in [-0.2, 0) is 6.42 Å². The molecule has 3 aromatic rings. The Labute approximate surface area is 193 Å². The van der Waals surface area contributed by atoms with E-state index in [4.69, 9.17) is 21.4 Å². The molecule has 0 saturated heterocycles. The number of carbonyl (C=O) groups excluding carboxylic acids is 1. The van der Waals surface area contributed by atoms with E-state index in [-0.39, 0.29) is 11.3 Å². The van der Waals surface area contributed by atoms with Gasteiger partial charge in [0.1, 0.15) is 5.75 Å². The van der Waals surface area contributed by atoms with Crippen LogP contribution in [0, 0.1) is 0 Å². The number of unbranched alkanes of at least 4 members (excludes halogenated alkanes) is 1. The average Bonchev–Trinajstić information content (AvgIpc) is 2.80. The summed E-state index contributed by atoms with van der Waals surface area (Å²) in [7, 11) is 0. The molecule has 0 aliphatic carbocycles. The molecule has 0 aliphatic rings. The molecule has 0 amide bonds. The van der Waals surface area contributed by atoms with E-state index in [2.05, 4.69) is 6.92 Å². The van der Waals surface area contributed by atoms with Crippen LogP contribution < -0.4 is 4.74 Å². The minimum Gasteiger partial charge on any atom is -0.493 e. The van der Waals surface area contributed by atoms with E-state index in [1.165, 1.54) is 0 Å². The van der Waals surface area contributed by atoms with Gasteiger partial charge in [0, 0.05) is 11.4 Å². The molecule has 0 atom stereocenters. The molecule has 166 valence electrons. The van der Waals surface area contributed by atoms with Crippen molar-refractivity contribution in [1.82, 2.24) is 0 Å². The second-order valence-corrected chi connectivity index (χ2v) is 8.14. The molecular formula is C27H27ClO4. The molecule has 3 aromatic carbocycles. The number of carboxylic acids is 1. The smallest absolute Gasteiger partial charge is 0.335 e. The van der Waals surface area contributed by atoms with E-state index in [1.807, 2.05) is 36.4 Å². The summed E-state index contributed by atoms with van der Waals surface area (Å²) in [5.41, 5.74) is 3.96. The van der Waals surface area contributed by atoms with Gasteiger partial charge in [0.25, 0.3) is 0 Å². The number of Topliss-reactive ketones (excluding diaryl/α,β-unsaturated/α-hetero) is 1. The first-order chi connectivity index (χ1) is 15.5. The SMILES string of the molecule is CCCCOc1ccc(Cl)cc1C(=O)CCCc1ccc(-c2ccc(C(=O)O)cc2)cc1. The average molecular weight is 451 g/mol. The third-order valence-corrected chi connectivity index (χ3v) is 5.52. The Hall–Kier alpha value is -3.11. The maximum atomic E-state index is 12.8. The Balaban J connectivity index is 1.57. The van der Waals surface area contributed by atoms with Crippen LogP contribution in [0.3, 0.4) is 0 Å². The van der Waals surface area contributed by atoms with Gasteiger partial charge < -0.3 is 9.84 Å². The molecule has 0 fully saturated rings. The number of carboxylic acid groups (broad SMARTS) is 1. The minimum atomic E-state index is -0.932. The molecule has 0 spiro atoms. The maximum Gasteiger partial charge on any atom is 0.335 e. The number of aromatic carboxylic acids is 1. The van der Waals surface area contributed by atoms with Gasteiger partial charge in [-0.1, -0.05) is 61.3 Å². The van der Waals surface area contributed by atoms with Gasteiger partial charge in [-0.05, 0) is 66.3 Å². The molecule has 0 radical (unpaired) electrons. The monoisotopic (exact) mass is 450 g/mol. The fourth-order valence-electron chi connectivity index (χ4n) is 3.43. The highest BCUT2D eigenvalue weighted by atomic mass is 35.5. The summed E-state index contributed by atoms with van der Waals surface area (Å²) in [5.74, 6) is -0.292. The Bertz CT molecular complexity index is 1060. The van der Waals surface area contributed by atoms with Crippen molar-refractivity contribution in [1.29, 1.82) is 0 Å². The Morgan fingerprint density at radius 1 is 0.906 bits per heavy atom. The quantitative estimate of drug-likeness (QED) is 0.250. The fraction of sp³-hybridized carbons (Fsp3) is 0.259. The first kappa shape index (κ1) is 23.6. The second kappa shape index (κ2) is 11.5. The molecule has 4 nitrogen and oxygen atoms in total. The third-order valence-electron chi connectivity index (χ3n) is 5.29. The van der Waals surface area contributed by atoms with Gasteiger partial charge in [-0.3, -0.25) is 4.79 Å². The van der Waals surface area contributed by atoms with E-state index in [0.29, 0.717) is 29.4 Å². The zero-order valence-corrected chi connectivity index (χ0v) is 18.9. The highest BCUT2D eigenvalue weighted by molar-refractivity contribution is 6.31. The van der Waals surface area contributed by atoms with Crippen molar-refractivity contribution in [2.45, 2.75) is 39.0 Å². The van der Waals surface area contributed by atoms with Crippen LogP contribution in [0.1, 0.15) is 58.9 Å². The third kappa shape index (κ3) is 6.44. The largest absolute Gasteiger partial charge is 0.493 e. The van der Waals surface area contributed by atoms with Crippen molar-refractivity contribution < 1.29 is 19.4 Å². The molecule has 1 N–H and O–H groups in total. The van der Waals surface area contributed by atoms with Crippen LogP contribution in [0.25, 0.3) is 11.1 Å². The van der Waals surface area contributed by atoms with Gasteiger partial charge in [-0.25, -0.2) is 4.79 Å². The lowest BCUT2D eigenvalue weighted by Crippen LogP contribution is -2.06. The molecule has 0 unspecified atom stereocenters. The van der Waals surface area contributed by atoms with Crippen molar-refractivity contribution in [3.05, 3.63) is 88.4 Å². The molecule has 0 bridgehead atoms. The van der Waals surface area contributed by atoms with E-state index >= 15 is 0 Å². The predicted octanol–water partition coefficient (Wildman–Crippen LogP) is 7.09. The minimum absolute atomic E-state index is 0.0362. The van der Waals surface area contributed by atoms with Crippen LogP contribution in [0.15, 0.2) is 66.7 Å². The van der Waals surface area contributed by atoms with Gasteiger partial charge >= 0.3 is 5.97 Å². The highest BCUT2D eigenvalue weighted by Crippen LogP contribution is 2.26. The number of aryl methyl sites for hydroxylation is 1. The van der Waals surface area contributed by atoms with Gasteiger partial charge in [0.05, 0.1) is 17.7 Å². The Kier molecular flexibility index (Phi) is 8.46. The van der Waals surface area contributed by atoms with Crippen molar-refractivity contribution in [3.63, 3.8) is 0 Å². The molecule has 0 heterocycles. The predicted molar refractivity (Wildman–Crippen MR) is 128 cm³/mol. The van der Waals surface area contributed by atoms with Gasteiger partial charge in [-0.15, -0.1) is 0 Å². The van der Waals surface area contributed by atoms with Crippen molar-refractivity contribution in [2.75, 3.05) is 6.61 Å². The number of hydrogen-bond donors (Lipinski definition) is 1. The molecule has 0 aliphatic heterocycles. The maximum absolute atomic E-state index is 12.8. The second-order valence-electron chi connectivity index (χ2n) is 7.70. The van der Waals surface area contributed by atoms with E-state index in [9.17, 15) is 9.59 Å². The molecule has 0 aromatic heterocycles. The molecule has 0 saturated carbocycles. The van der Waals surface area contributed by atoms with Crippen LogP contribution in [0.2, 0.25) is 5.02 Å². The standard InChI is InChI=1S/C27H27ClO4/c1-2-3-17-32-26-16-15-23(28)18-24(26)25(29)6-4-5-19-7-9-20(10-8-19)21-11-13-22(14-12-21)27(30)31/h7-16,18H,2-6,17H2,1H3,(H,30,31). The number of rotatable bonds is 11. The molecule has 3 rings (SSSR count). The first-order valence-corrected chi connectivity index (χ1v) is 11.2. The van der Waals surface area contributed by atoms with Crippen molar-refractivity contribution in [2.24, 2.45) is 0 Å². The van der Waals surface area contributed by atoms with Crippen molar-refractivity contribution in [3.8, 4) is 16.9 Å². The Morgan fingerprint density at radius 2 is 1.56 bits per heavy atom. The van der Waals surface area contributed by atoms with Gasteiger partial charge in [0.15, 0.2) is 5.78 Å². The summed E-state index contributed by atoms with van der Waals surface area (Å²) in [5, 5.41) is 9.55. The summed E-state index contributed by atoms with van der Waals surface area (Å²) in [6.07, 6.45) is 3.91. The summed E-state index contributed by atoms with van der Waals surface area (Å²) in [6, 6.07) is 20.2. The Morgan fingerprint density at radius 3 is 2.19 bits per heavy atom. The van der Waals surface area contributed by atoms with Crippen molar-refractivity contribution >= 4 is 23.4 Å². The number of hydrogen-bond acceptors (Lipinski definition) is 3. The number of ether oxygens (including phenoxy) is 1.